The number of nitrogens with one attached hydrogen (secondary N) is 2. The van der Waals surface area contributed by atoms with Crippen molar-refractivity contribution in [2.45, 2.75) is 44.1 Å². The number of hydrogen-bond donors (Lipinski definition) is 3. The third kappa shape index (κ3) is 5.89. The van der Waals surface area contributed by atoms with Crippen LogP contribution in [0.1, 0.15) is 54.4 Å². The van der Waals surface area contributed by atoms with Crippen molar-refractivity contribution in [2.24, 2.45) is 5.92 Å². The Morgan fingerprint density at radius 3 is 2.48 bits per heavy atom. The number of amides is 2. The molecular weight excluding hydrogens is 399 g/mol. The van der Waals surface area contributed by atoms with E-state index in [0.717, 1.165) is 18.4 Å². The van der Waals surface area contributed by atoms with Gasteiger partial charge < -0.3 is 10.1 Å². The van der Waals surface area contributed by atoms with E-state index in [-0.39, 0.29) is 24.1 Å². The normalized spacial score (nSPS) is 19.0. The fourth-order valence-corrected chi connectivity index (χ4v) is 4.39. The number of hydrogen-bond acceptors (Lipinski definition) is 4. The van der Waals surface area contributed by atoms with Crippen molar-refractivity contribution in [1.82, 2.24) is 10.8 Å². The minimum atomic E-state index is -0.604. The Kier molecular flexibility index (Phi) is 8.14. The molecule has 2 aromatic rings. The zero-order valence-corrected chi connectivity index (χ0v) is 17.5. The van der Waals surface area contributed by atoms with Crippen molar-refractivity contribution in [2.75, 3.05) is 13.2 Å². The summed E-state index contributed by atoms with van der Waals surface area (Å²) >= 11 is 0. The van der Waals surface area contributed by atoms with Gasteiger partial charge in [-0.2, -0.15) is 0 Å². The number of benzene rings is 2. The van der Waals surface area contributed by atoms with Gasteiger partial charge in [0.05, 0.1) is 5.60 Å². The van der Waals surface area contributed by atoms with Gasteiger partial charge in [0.25, 0.3) is 5.91 Å². The Hall–Kier alpha value is -2.77. The second-order valence-electron chi connectivity index (χ2n) is 7.88. The van der Waals surface area contributed by atoms with Gasteiger partial charge in [0.1, 0.15) is 5.82 Å². The molecule has 0 radical (unpaired) electrons. The van der Waals surface area contributed by atoms with Crippen LogP contribution in [0.4, 0.5) is 4.39 Å². The lowest BCUT2D eigenvalue weighted by molar-refractivity contribution is -0.130. The first-order valence-electron chi connectivity index (χ1n) is 10.7. The van der Waals surface area contributed by atoms with Crippen molar-refractivity contribution in [1.29, 1.82) is 0 Å². The van der Waals surface area contributed by atoms with E-state index < -0.39 is 11.5 Å². The number of ether oxygens (including phenoxy) is 1. The number of hydroxylamine groups is 1. The number of halogens is 1. The lowest BCUT2D eigenvalue weighted by Crippen LogP contribution is -2.36. The molecule has 1 aliphatic rings. The van der Waals surface area contributed by atoms with E-state index in [2.05, 4.69) is 5.32 Å². The second-order valence-corrected chi connectivity index (χ2v) is 7.88. The molecule has 2 atom stereocenters. The summed E-state index contributed by atoms with van der Waals surface area (Å²) < 4.78 is 19.7. The van der Waals surface area contributed by atoms with Crippen molar-refractivity contribution >= 4 is 11.8 Å². The zero-order chi connectivity index (χ0) is 22.1. The molecule has 7 heteroatoms. The van der Waals surface area contributed by atoms with Gasteiger partial charge in [0.2, 0.25) is 5.91 Å². The molecule has 31 heavy (non-hydrogen) atoms. The highest BCUT2D eigenvalue weighted by atomic mass is 19.1. The monoisotopic (exact) mass is 428 g/mol. The molecule has 2 unspecified atom stereocenters. The fraction of sp³-hybridized carbons (Fsp3) is 0.417. The Labute approximate surface area is 181 Å². The molecular formula is C24H29FN2O4. The third-order valence-corrected chi connectivity index (χ3v) is 5.94. The Balaban J connectivity index is 1.68. The van der Waals surface area contributed by atoms with Crippen molar-refractivity contribution in [3.63, 3.8) is 0 Å². The average molecular weight is 429 g/mol. The summed E-state index contributed by atoms with van der Waals surface area (Å²) in [5.74, 6) is -0.903. The van der Waals surface area contributed by atoms with Crippen LogP contribution in [0.15, 0.2) is 54.6 Å². The van der Waals surface area contributed by atoms with E-state index in [1.165, 1.54) is 12.1 Å². The molecule has 0 aliphatic carbocycles. The second kappa shape index (κ2) is 11.0. The summed E-state index contributed by atoms with van der Waals surface area (Å²) in [6.45, 7) is 1.10. The molecule has 1 heterocycles. The van der Waals surface area contributed by atoms with Gasteiger partial charge in [0, 0.05) is 25.1 Å². The molecule has 0 aromatic heterocycles. The first-order chi connectivity index (χ1) is 15.0. The minimum absolute atomic E-state index is 0.0219. The third-order valence-electron chi connectivity index (χ3n) is 5.94. The standard InChI is InChI=1S/C24H29FN2O4/c25-21-12-9-20(10-13-21)24(15-5-17-31-24)19(11-14-22(28)27-30)8-4-16-26-23(29)18-6-2-1-3-7-18/h1-3,6-7,9-10,12-13,19,30H,4-5,8,11,14-17H2,(H,26,29)(H,27,28). The summed E-state index contributed by atoms with van der Waals surface area (Å²) in [7, 11) is 0. The van der Waals surface area contributed by atoms with Crippen LogP contribution in [0.2, 0.25) is 0 Å². The maximum Gasteiger partial charge on any atom is 0.251 e. The Morgan fingerprint density at radius 2 is 1.84 bits per heavy atom. The van der Waals surface area contributed by atoms with Gasteiger partial charge in [-0.25, -0.2) is 9.87 Å². The average Bonchev–Trinajstić information content (AvgIpc) is 3.30. The van der Waals surface area contributed by atoms with Gasteiger partial charge in [-0.05, 0) is 67.9 Å². The maximum absolute atomic E-state index is 13.5. The molecule has 2 amide bonds. The van der Waals surface area contributed by atoms with Gasteiger partial charge in [-0.15, -0.1) is 0 Å². The van der Waals surface area contributed by atoms with E-state index in [1.54, 1.807) is 29.7 Å². The Morgan fingerprint density at radius 1 is 1.10 bits per heavy atom. The summed E-state index contributed by atoms with van der Waals surface area (Å²) in [6, 6.07) is 15.4. The number of carbonyl (C=O) groups excluding carboxylic acids is 2. The van der Waals surface area contributed by atoms with Crippen LogP contribution >= 0.6 is 0 Å². The lowest BCUT2D eigenvalue weighted by Gasteiger charge is -2.38. The predicted octanol–water partition coefficient (Wildman–Crippen LogP) is 3.94. The SMILES string of the molecule is O=C(CCC(CCCNC(=O)c1ccccc1)C1(c2ccc(F)cc2)CCCO1)NO. The molecule has 2 aromatic carbocycles. The van der Waals surface area contributed by atoms with Crippen LogP contribution < -0.4 is 10.8 Å². The highest BCUT2D eigenvalue weighted by Crippen LogP contribution is 2.46. The van der Waals surface area contributed by atoms with Crippen LogP contribution in [0, 0.1) is 11.7 Å². The van der Waals surface area contributed by atoms with Crippen LogP contribution in [0.25, 0.3) is 0 Å². The fourth-order valence-electron chi connectivity index (χ4n) is 4.39. The van der Waals surface area contributed by atoms with E-state index in [9.17, 15) is 14.0 Å². The maximum atomic E-state index is 13.5. The molecule has 3 rings (SSSR count). The lowest BCUT2D eigenvalue weighted by atomic mass is 9.74. The van der Waals surface area contributed by atoms with Crippen molar-refractivity contribution in [3.8, 4) is 0 Å². The summed E-state index contributed by atoms with van der Waals surface area (Å²) in [6.07, 6.45) is 3.74. The van der Waals surface area contributed by atoms with E-state index in [4.69, 9.17) is 9.94 Å². The molecule has 1 saturated heterocycles. The predicted molar refractivity (Wildman–Crippen MR) is 114 cm³/mol. The molecule has 0 spiro atoms. The largest absolute Gasteiger partial charge is 0.370 e. The van der Waals surface area contributed by atoms with E-state index in [0.29, 0.717) is 38.0 Å². The quantitative estimate of drug-likeness (QED) is 0.304. The minimum Gasteiger partial charge on any atom is -0.370 e. The van der Waals surface area contributed by atoms with Crippen LogP contribution in [0.5, 0.6) is 0 Å². The number of carbonyl (C=O) groups is 2. The number of rotatable bonds is 10. The molecule has 1 aliphatic heterocycles. The molecule has 6 nitrogen and oxygen atoms in total. The highest BCUT2D eigenvalue weighted by Gasteiger charge is 2.43. The highest BCUT2D eigenvalue weighted by molar-refractivity contribution is 5.94. The van der Waals surface area contributed by atoms with Gasteiger partial charge in [-0.1, -0.05) is 30.3 Å². The van der Waals surface area contributed by atoms with Crippen molar-refractivity contribution < 1.29 is 23.9 Å². The first kappa shape index (κ1) is 22.9. The van der Waals surface area contributed by atoms with Crippen LogP contribution in [0.3, 0.4) is 0 Å². The molecule has 1 fully saturated rings. The smallest absolute Gasteiger partial charge is 0.251 e. The van der Waals surface area contributed by atoms with Gasteiger partial charge in [0.15, 0.2) is 0 Å². The zero-order valence-electron chi connectivity index (χ0n) is 17.5. The van der Waals surface area contributed by atoms with E-state index in [1.807, 2.05) is 18.2 Å². The van der Waals surface area contributed by atoms with Gasteiger partial charge in [-0.3, -0.25) is 14.8 Å². The molecule has 166 valence electrons. The van der Waals surface area contributed by atoms with E-state index >= 15 is 0 Å². The topological polar surface area (TPSA) is 87.7 Å². The van der Waals surface area contributed by atoms with Gasteiger partial charge >= 0.3 is 0 Å². The summed E-state index contributed by atoms with van der Waals surface area (Å²) in [5.41, 5.74) is 2.59. The van der Waals surface area contributed by atoms with Crippen LogP contribution in [-0.4, -0.2) is 30.2 Å². The summed E-state index contributed by atoms with van der Waals surface area (Å²) in [4.78, 5) is 23.9. The molecule has 0 bridgehead atoms. The Bertz CT molecular complexity index is 852. The van der Waals surface area contributed by atoms with Crippen LogP contribution in [-0.2, 0) is 15.1 Å². The van der Waals surface area contributed by atoms with Crippen molar-refractivity contribution in [3.05, 3.63) is 71.5 Å². The molecule has 3 N–H and O–H groups in total. The molecule has 0 saturated carbocycles. The summed E-state index contributed by atoms with van der Waals surface area (Å²) in [5, 5.41) is 11.8. The first-order valence-corrected chi connectivity index (χ1v) is 10.7.